The van der Waals surface area contributed by atoms with E-state index in [4.69, 9.17) is 9.94 Å². The second-order valence-corrected chi connectivity index (χ2v) is 7.21. The Morgan fingerprint density at radius 2 is 2.35 bits per heavy atom. The fraction of sp³-hybridized carbons (Fsp3) is 0.647. The number of ether oxygens (including phenoxy) is 1. The summed E-state index contributed by atoms with van der Waals surface area (Å²) in [7, 11) is 0. The van der Waals surface area contributed by atoms with E-state index in [0.29, 0.717) is 17.0 Å². The highest BCUT2D eigenvalue weighted by molar-refractivity contribution is 5.93. The third-order valence-corrected chi connectivity index (χ3v) is 5.70. The molecule has 3 heterocycles. The van der Waals surface area contributed by atoms with Crippen LogP contribution in [0, 0.1) is 5.41 Å². The molecule has 1 aromatic heterocycles. The quantitative estimate of drug-likeness (QED) is 0.639. The van der Waals surface area contributed by atoms with Crippen molar-refractivity contribution in [2.45, 2.75) is 44.7 Å². The lowest BCUT2D eigenvalue weighted by molar-refractivity contribution is -0.0986. The summed E-state index contributed by atoms with van der Waals surface area (Å²) in [5, 5.41) is 8.72. The predicted molar refractivity (Wildman–Crippen MR) is 83.1 cm³/mol. The topological polar surface area (TPSA) is 74.7 Å². The Hall–Kier alpha value is -1.50. The third-order valence-electron chi connectivity index (χ3n) is 5.70. The van der Waals surface area contributed by atoms with Crippen LogP contribution < -0.4 is 5.48 Å². The normalized spacial score (nSPS) is 30.6. The van der Waals surface area contributed by atoms with Crippen molar-refractivity contribution in [3.8, 4) is 0 Å². The molecule has 1 spiro atoms. The molecular formula is C17H23N3O3. The Labute approximate surface area is 135 Å². The first-order chi connectivity index (χ1) is 11.2. The first-order valence-electron chi connectivity index (χ1n) is 8.43. The van der Waals surface area contributed by atoms with Crippen LogP contribution in [0.25, 0.3) is 0 Å². The van der Waals surface area contributed by atoms with Crippen LogP contribution in [-0.2, 0) is 17.7 Å². The van der Waals surface area contributed by atoms with Gasteiger partial charge in [0.25, 0.3) is 5.91 Å². The van der Waals surface area contributed by atoms with Crippen LogP contribution in [0.1, 0.15) is 47.3 Å². The summed E-state index contributed by atoms with van der Waals surface area (Å²) >= 11 is 0. The lowest BCUT2D eigenvalue weighted by Gasteiger charge is -2.54. The molecule has 0 unspecified atom stereocenters. The zero-order chi connectivity index (χ0) is 15.9. The van der Waals surface area contributed by atoms with Crippen molar-refractivity contribution in [1.29, 1.82) is 0 Å². The number of carbonyl (C=O) groups excluding carboxylic acids is 1. The minimum absolute atomic E-state index is 0.418. The summed E-state index contributed by atoms with van der Waals surface area (Å²) in [6.45, 7) is 3.74. The van der Waals surface area contributed by atoms with Gasteiger partial charge in [0.05, 0.1) is 17.9 Å². The van der Waals surface area contributed by atoms with Crippen LogP contribution in [0.4, 0.5) is 0 Å². The van der Waals surface area contributed by atoms with Gasteiger partial charge in [-0.25, -0.2) is 5.48 Å². The van der Waals surface area contributed by atoms with E-state index in [1.54, 1.807) is 11.7 Å². The van der Waals surface area contributed by atoms with Crippen LogP contribution in [0.3, 0.4) is 0 Å². The number of nitrogens with zero attached hydrogens (tertiary/aromatic N) is 2. The molecule has 0 radical (unpaired) electrons. The van der Waals surface area contributed by atoms with Gasteiger partial charge in [-0.1, -0.05) is 0 Å². The number of carbonyl (C=O) groups is 1. The molecule has 2 N–H and O–H groups in total. The number of rotatable bonds is 2. The number of hydrogen-bond donors (Lipinski definition) is 2. The number of hydroxylamine groups is 1. The average Bonchev–Trinajstić information content (AvgIpc) is 2.58. The van der Waals surface area contributed by atoms with Gasteiger partial charge >= 0.3 is 0 Å². The molecule has 1 aromatic rings. The largest absolute Gasteiger partial charge is 0.381 e. The monoisotopic (exact) mass is 317 g/mol. The van der Waals surface area contributed by atoms with Crippen LogP contribution in [-0.4, -0.2) is 46.8 Å². The molecule has 124 valence electrons. The van der Waals surface area contributed by atoms with Gasteiger partial charge in [-0.15, -0.1) is 0 Å². The Morgan fingerprint density at radius 1 is 1.48 bits per heavy atom. The SMILES string of the molecule is O=C(NO)c1cnc2c(c1)CCN([C@H]1C[C@@]3(CCCOC3)C1)C2. The fourth-order valence-electron chi connectivity index (χ4n) is 4.36. The van der Waals surface area contributed by atoms with Crippen molar-refractivity contribution in [3.05, 3.63) is 29.1 Å². The molecule has 1 amide bonds. The highest BCUT2D eigenvalue weighted by atomic mass is 16.5. The highest BCUT2D eigenvalue weighted by Crippen LogP contribution is 2.49. The summed E-state index contributed by atoms with van der Waals surface area (Å²) in [6.07, 6.45) is 7.46. The van der Waals surface area contributed by atoms with Crippen LogP contribution in [0.2, 0.25) is 0 Å². The van der Waals surface area contributed by atoms with E-state index >= 15 is 0 Å². The van der Waals surface area contributed by atoms with Gasteiger partial charge in [-0.3, -0.25) is 19.9 Å². The van der Waals surface area contributed by atoms with Crippen LogP contribution in [0.5, 0.6) is 0 Å². The van der Waals surface area contributed by atoms with Crippen molar-refractivity contribution in [3.63, 3.8) is 0 Å². The van der Waals surface area contributed by atoms with E-state index in [1.807, 2.05) is 6.07 Å². The average molecular weight is 317 g/mol. The summed E-state index contributed by atoms with van der Waals surface area (Å²) in [6, 6.07) is 2.50. The molecule has 2 fully saturated rings. The maximum absolute atomic E-state index is 11.5. The van der Waals surface area contributed by atoms with Crippen LogP contribution in [0.15, 0.2) is 12.3 Å². The van der Waals surface area contributed by atoms with E-state index in [2.05, 4.69) is 9.88 Å². The minimum Gasteiger partial charge on any atom is -0.381 e. The van der Waals surface area contributed by atoms with E-state index in [9.17, 15) is 4.79 Å². The van der Waals surface area contributed by atoms with E-state index < -0.39 is 5.91 Å². The van der Waals surface area contributed by atoms with Gasteiger partial charge in [0.2, 0.25) is 0 Å². The molecular weight excluding hydrogens is 294 g/mol. The standard InChI is InChI=1S/C17H23N3O3/c21-16(19-22)13-6-12-2-4-20(10-15(12)18-9-13)14-7-17(8-14)3-1-5-23-11-17/h6,9,14,22H,1-5,7-8,10-11H2,(H,19,21)/t14-,17-. The molecule has 1 saturated heterocycles. The van der Waals surface area contributed by atoms with Gasteiger partial charge < -0.3 is 4.74 Å². The smallest absolute Gasteiger partial charge is 0.276 e. The maximum Gasteiger partial charge on any atom is 0.276 e. The van der Waals surface area contributed by atoms with E-state index in [0.717, 1.165) is 44.0 Å². The lowest BCUT2D eigenvalue weighted by atomic mass is 9.62. The number of fused-ring (bicyclic) bond motifs is 1. The lowest BCUT2D eigenvalue weighted by Crippen LogP contribution is -2.55. The third kappa shape index (κ3) is 2.75. The molecule has 0 bridgehead atoms. The molecule has 4 rings (SSSR count). The molecule has 1 aliphatic carbocycles. The molecule has 3 aliphatic rings. The molecule has 1 saturated carbocycles. The minimum atomic E-state index is -0.499. The number of amides is 1. The molecule has 0 atom stereocenters. The molecule has 0 aromatic carbocycles. The van der Waals surface area contributed by atoms with E-state index in [1.165, 1.54) is 25.7 Å². The van der Waals surface area contributed by atoms with Gasteiger partial charge in [0.15, 0.2) is 0 Å². The predicted octanol–water partition coefficient (Wildman–Crippen LogP) is 1.52. The summed E-state index contributed by atoms with van der Waals surface area (Å²) in [5.74, 6) is -0.499. The summed E-state index contributed by atoms with van der Waals surface area (Å²) in [5.41, 5.74) is 4.71. The Balaban J connectivity index is 1.41. The molecule has 2 aliphatic heterocycles. The number of nitrogens with one attached hydrogen (secondary N) is 1. The van der Waals surface area contributed by atoms with Gasteiger partial charge in [0.1, 0.15) is 0 Å². The number of aromatic nitrogens is 1. The van der Waals surface area contributed by atoms with Crippen molar-refractivity contribution in [1.82, 2.24) is 15.4 Å². The second kappa shape index (κ2) is 5.85. The van der Waals surface area contributed by atoms with Gasteiger partial charge in [-0.05, 0) is 49.1 Å². The van der Waals surface area contributed by atoms with E-state index in [-0.39, 0.29) is 0 Å². The van der Waals surface area contributed by atoms with Crippen molar-refractivity contribution < 1.29 is 14.7 Å². The van der Waals surface area contributed by atoms with Crippen molar-refractivity contribution in [2.75, 3.05) is 19.8 Å². The Kier molecular flexibility index (Phi) is 3.83. The summed E-state index contributed by atoms with van der Waals surface area (Å²) in [4.78, 5) is 18.4. The fourth-order valence-corrected chi connectivity index (χ4v) is 4.36. The number of pyridine rings is 1. The Morgan fingerprint density at radius 3 is 3.09 bits per heavy atom. The number of hydrogen-bond acceptors (Lipinski definition) is 5. The summed E-state index contributed by atoms with van der Waals surface area (Å²) < 4.78 is 5.68. The molecule has 23 heavy (non-hydrogen) atoms. The molecule has 6 heteroatoms. The maximum atomic E-state index is 11.5. The van der Waals surface area contributed by atoms with Crippen molar-refractivity contribution in [2.24, 2.45) is 5.41 Å². The first kappa shape index (κ1) is 15.1. The van der Waals surface area contributed by atoms with Gasteiger partial charge in [0, 0.05) is 31.9 Å². The Bertz CT molecular complexity index is 605. The van der Waals surface area contributed by atoms with Gasteiger partial charge in [-0.2, -0.15) is 0 Å². The van der Waals surface area contributed by atoms with Crippen molar-refractivity contribution >= 4 is 5.91 Å². The zero-order valence-corrected chi connectivity index (χ0v) is 13.3. The first-order valence-corrected chi connectivity index (χ1v) is 8.43. The molecule has 6 nitrogen and oxygen atoms in total. The second-order valence-electron chi connectivity index (χ2n) is 7.21. The zero-order valence-electron chi connectivity index (χ0n) is 13.3. The highest BCUT2D eigenvalue weighted by Gasteiger charge is 2.47. The van der Waals surface area contributed by atoms with Crippen LogP contribution >= 0.6 is 0 Å².